The van der Waals surface area contributed by atoms with E-state index in [9.17, 15) is 14.9 Å². The summed E-state index contributed by atoms with van der Waals surface area (Å²) < 4.78 is 0. The predicted octanol–water partition coefficient (Wildman–Crippen LogP) is 2.52. The molecule has 0 aliphatic rings. The summed E-state index contributed by atoms with van der Waals surface area (Å²) >= 11 is 1.17. The Balaban J connectivity index is 2.34. The Morgan fingerprint density at radius 1 is 1.48 bits per heavy atom. The second kappa shape index (κ2) is 6.75. The Labute approximate surface area is 124 Å². The maximum absolute atomic E-state index is 12.2. The predicted molar refractivity (Wildman–Crippen MR) is 79.7 cm³/mol. The first-order chi connectivity index (χ1) is 10.1. The number of para-hydroxylation sites is 1. The highest BCUT2D eigenvalue weighted by Gasteiger charge is 2.21. The molecule has 110 valence electrons. The van der Waals surface area contributed by atoms with Crippen LogP contribution in [-0.2, 0) is 0 Å². The molecule has 2 N–H and O–H groups in total. The van der Waals surface area contributed by atoms with Crippen LogP contribution in [0.1, 0.15) is 23.7 Å². The minimum Gasteiger partial charge on any atom is -0.379 e. The minimum absolute atomic E-state index is 0.131. The highest BCUT2D eigenvalue weighted by atomic mass is 32.1. The quantitative estimate of drug-likeness (QED) is 0.626. The van der Waals surface area contributed by atoms with Crippen molar-refractivity contribution >= 4 is 33.8 Å². The van der Waals surface area contributed by atoms with Crippen LogP contribution in [0.5, 0.6) is 0 Å². The van der Waals surface area contributed by atoms with Crippen LogP contribution in [0.2, 0.25) is 0 Å². The van der Waals surface area contributed by atoms with Gasteiger partial charge in [0, 0.05) is 12.6 Å². The van der Waals surface area contributed by atoms with Crippen molar-refractivity contribution in [1.29, 1.82) is 0 Å². The third-order valence-corrected chi connectivity index (χ3v) is 3.22. The number of rotatable bonds is 6. The van der Waals surface area contributed by atoms with Crippen molar-refractivity contribution in [1.82, 2.24) is 10.2 Å². The first-order valence-electron chi connectivity index (χ1n) is 6.22. The van der Waals surface area contributed by atoms with Gasteiger partial charge in [0.25, 0.3) is 11.6 Å². The molecule has 0 fully saturated rings. The number of anilines is 2. The SMILES string of the molecule is CCCNc1c(C(=O)Nc2nncs2)cccc1[N+](=O)[O-]. The number of benzene rings is 1. The molecule has 1 aromatic heterocycles. The monoisotopic (exact) mass is 307 g/mol. The Bertz CT molecular complexity index is 644. The van der Waals surface area contributed by atoms with E-state index in [1.165, 1.54) is 35.0 Å². The van der Waals surface area contributed by atoms with Gasteiger partial charge in [0.1, 0.15) is 11.2 Å². The first-order valence-corrected chi connectivity index (χ1v) is 7.10. The summed E-state index contributed by atoms with van der Waals surface area (Å²) in [6.07, 6.45) is 0.781. The number of aromatic nitrogens is 2. The molecule has 0 bridgehead atoms. The normalized spacial score (nSPS) is 10.1. The van der Waals surface area contributed by atoms with Gasteiger partial charge in [-0.1, -0.05) is 24.3 Å². The van der Waals surface area contributed by atoms with Crippen molar-refractivity contribution < 1.29 is 9.72 Å². The van der Waals surface area contributed by atoms with Crippen LogP contribution >= 0.6 is 11.3 Å². The van der Waals surface area contributed by atoms with E-state index in [0.29, 0.717) is 11.7 Å². The molecule has 1 aromatic carbocycles. The average Bonchev–Trinajstić information content (AvgIpc) is 2.97. The molecule has 0 aliphatic heterocycles. The van der Waals surface area contributed by atoms with Crippen LogP contribution < -0.4 is 10.6 Å². The summed E-state index contributed by atoms with van der Waals surface area (Å²) in [4.78, 5) is 22.8. The van der Waals surface area contributed by atoms with E-state index in [1.807, 2.05) is 6.92 Å². The van der Waals surface area contributed by atoms with Crippen LogP contribution in [0, 0.1) is 10.1 Å². The number of hydrogen-bond acceptors (Lipinski definition) is 7. The van der Waals surface area contributed by atoms with Gasteiger partial charge >= 0.3 is 0 Å². The summed E-state index contributed by atoms with van der Waals surface area (Å²) in [5, 5.41) is 24.3. The molecule has 1 heterocycles. The molecule has 8 nitrogen and oxygen atoms in total. The Morgan fingerprint density at radius 3 is 2.90 bits per heavy atom. The number of amides is 1. The maximum atomic E-state index is 12.2. The number of nitro groups is 1. The topological polar surface area (TPSA) is 110 Å². The van der Waals surface area contributed by atoms with Crippen molar-refractivity contribution in [2.75, 3.05) is 17.2 Å². The average molecular weight is 307 g/mol. The van der Waals surface area contributed by atoms with Gasteiger partial charge in [0.2, 0.25) is 5.13 Å². The number of hydrogen-bond donors (Lipinski definition) is 2. The number of nitrogens with zero attached hydrogens (tertiary/aromatic N) is 3. The van der Waals surface area contributed by atoms with Gasteiger partial charge in [-0.25, -0.2) is 0 Å². The molecule has 0 unspecified atom stereocenters. The van der Waals surface area contributed by atoms with Crippen molar-refractivity contribution in [3.05, 3.63) is 39.4 Å². The van der Waals surface area contributed by atoms with Crippen molar-refractivity contribution in [3.8, 4) is 0 Å². The van der Waals surface area contributed by atoms with E-state index >= 15 is 0 Å². The molecule has 0 saturated carbocycles. The summed E-state index contributed by atoms with van der Waals surface area (Å²) in [7, 11) is 0. The van der Waals surface area contributed by atoms with Gasteiger partial charge in [0.05, 0.1) is 10.5 Å². The zero-order chi connectivity index (χ0) is 15.2. The molecule has 21 heavy (non-hydrogen) atoms. The molecule has 2 rings (SSSR count). The molecule has 0 saturated heterocycles. The van der Waals surface area contributed by atoms with E-state index in [4.69, 9.17) is 0 Å². The zero-order valence-electron chi connectivity index (χ0n) is 11.2. The van der Waals surface area contributed by atoms with Gasteiger partial charge in [-0.05, 0) is 12.5 Å². The highest BCUT2D eigenvalue weighted by Crippen LogP contribution is 2.29. The standard InChI is InChI=1S/C12H13N5O3S/c1-2-6-13-10-8(4-3-5-9(10)17(19)20)11(18)15-12-16-14-7-21-12/h3-5,7,13H,2,6H2,1H3,(H,15,16,18). The largest absolute Gasteiger partial charge is 0.379 e. The van der Waals surface area contributed by atoms with Crippen LogP contribution in [0.3, 0.4) is 0 Å². The summed E-state index contributed by atoms with van der Waals surface area (Å²) in [5.74, 6) is -0.464. The lowest BCUT2D eigenvalue weighted by Gasteiger charge is -2.11. The fourth-order valence-electron chi connectivity index (χ4n) is 1.71. The van der Waals surface area contributed by atoms with Crippen LogP contribution in [0.25, 0.3) is 0 Å². The summed E-state index contributed by atoms with van der Waals surface area (Å²) in [6.45, 7) is 2.46. The maximum Gasteiger partial charge on any atom is 0.293 e. The van der Waals surface area contributed by atoms with Gasteiger partial charge in [-0.3, -0.25) is 20.2 Å². The Hall–Kier alpha value is -2.55. The van der Waals surface area contributed by atoms with Crippen molar-refractivity contribution in [3.63, 3.8) is 0 Å². The van der Waals surface area contributed by atoms with Crippen molar-refractivity contribution in [2.24, 2.45) is 0 Å². The van der Waals surface area contributed by atoms with E-state index < -0.39 is 10.8 Å². The smallest absolute Gasteiger partial charge is 0.293 e. The van der Waals surface area contributed by atoms with Gasteiger partial charge in [-0.2, -0.15) is 0 Å². The zero-order valence-corrected chi connectivity index (χ0v) is 12.0. The molecular formula is C12H13N5O3S. The van der Waals surface area contributed by atoms with Crippen LogP contribution in [-0.4, -0.2) is 27.6 Å². The lowest BCUT2D eigenvalue weighted by molar-refractivity contribution is -0.384. The molecule has 9 heteroatoms. The minimum atomic E-state index is -0.514. The van der Waals surface area contributed by atoms with Gasteiger partial charge in [-0.15, -0.1) is 10.2 Å². The van der Waals surface area contributed by atoms with E-state index in [2.05, 4.69) is 20.8 Å². The van der Waals surface area contributed by atoms with Gasteiger partial charge in [0.15, 0.2) is 0 Å². The summed E-state index contributed by atoms with van der Waals surface area (Å²) in [6, 6.07) is 4.37. The number of nitro benzene ring substituents is 1. The molecular weight excluding hydrogens is 294 g/mol. The second-order valence-corrected chi connectivity index (χ2v) is 4.91. The van der Waals surface area contributed by atoms with E-state index in [1.54, 1.807) is 0 Å². The Kier molecular flexibility index (Phi) is 4.77. The first kappa shape index (κ1) is 14.9. The number of nitrogens with one attached hydrogen (secondary N) is 2. The van der Waals surface area contributed by atoms with Crippen molar-refractivity contribution in [2.45, 2.75) is 13.3 Å². The second-order valence-electron chi connectivity index (χ2n) is 4.08. The molecule has 0 atom stereocenters. The lowest BCUT2D eigenvalue weighted by Crippen LogP contribution is -2.16. The van der Waals surface area contributed by atoms with Crippen LogP contribution in [0.15, 0.2) is 23.7 Å². The summed E-state index contributed by atoms with van der Waals surface area (Å²) in [5.41, 5.74) is 1.77. The Morgan fingerprint density at radius 2 is 2.29 bits per heavy atom. The number of carbonyl (C=O) groups excluding carboxylic acids is 1. The molecule has 1 amide bonds. The highest BCUT2D eigenvalue weighted by molar-refractivity contribution is 7.13. The van der Waals surface area contributed by atoms with E-state index in [0.717, 1.165) is 6.42 Å². The molecule has 0 spiro atoms. The third-order valence-electron chi connectivity index (χ3n) is 2.62. The fraction of sp³-hybridized carbons (Fsp3) is 0.250. The van der Waals surface area contributed by atoms with E-state index in [-0.39, 0.29) is 16.9 Å². The molecule has 0 aliphatic carbocycles. The van der Waals surface area contributed by atoms with Crippen LogP contribution in [0.4, 0.5) is 16.5 Å². The number of carbonyl (C=O) groups is 1. The van der Waals surface area contributed by atoms with Gasteiger partial charge < -0.3 is 5.32 Å². The lowest BCUT2D eigenvalue weighted by atomic mass is 10.1. The fourth-order valence-corrected chi connectivity index (χ4v) is 2.15. The molecule has 2 aromatic rings. The molecule has 0 radical (unpaired) electrons. The third kappa shape index (κ3) is 3.51.